The van der Waals surface area contributed by atoms with Crippen LogP contribution in [0.5, 0.6) is 5.75 Å². The van der Waals surface area contributed by atoms with Crippen LogP contribution in [-0.4, -0.2) is 42.2 Å². The molecule has 4 N–H and O–H groups in total. The van der Waals surface area contributed by atoms with E-state index in [0.29, 0.717) is 5.69 Å². The summed E-state index contributed by atoms with van der Waals surface area (Å²) in [6.07, 6.45) is 0. The molecule has 114 valence electrons. The molecule has 8 nitrogen and oxygen atoms in total. The molecule has 1 unspecified atom stereocenters. The first-order chi connectivity index (χ1) is 9.93. The summed E-state index contributed by atoms with van der Waals surface area (Å²) in [7, 11) is 0. The number of carbonyl (C=O) groups excluding carboxylic acids is 2. The number of amides is 1. The van der Waals surface area contributed by atoms with Crippen molar-refractivity contribution < 1.29 is 29.0 Å². The number of benzene rings is 1. The van der Waals surface area contributed by atoms with Gasteiger partial charge in [0.05, 0.1) is 6.61 Å². The van der Waals surface area contributed by atoms with Crippen LogP contribution in [0.3, 0.4) is 0 Å². The third-order valence-electron chi connectivity index (χ3n) is 2.29. The average Bonchev–Trinajstić information content (AvgIpc) is 2.45. The molecular weight excluding hydrogens is 280 g/mol. The zero-order valence-corrected chi connectivity index (χ0v) is 11.4. The number of nitrogens with two attached hydrogens (primary N) is 1. The van der Waals surface area contributed by atoms with Crippen LogP contribution < -0.4 is 15.8 Å². The van der Waals surface area contributed by atoms with Crippen LogP contribution in [0.2, 0.25) is 0 Å². The van der Waals surface area contributed by atoms with Gasteiger partial charge in [-0.1, -0.05) is 6.07 Å². The molecule has 1 atom stereocenters. The van der Waals surface area contributed by atoms with Gasteiger partial charge >= 0.3 is 11.9 Å². The predicted molar refractivity (Wildman–Crippen MR) is 72.8 cm³/mol. The number of carboxylic acids is 1. The number of aliphatic carboxylic acids is 1. The SMILES string of the molecule is CCOC(=O)C(N)C(=O)Nc1cccc(OCC(=O)O)c1. The Hall–Kier alpha value is -2.61. The number of anilines is 1. The lowest BCUT2D eigenvalue weighted by Gasteiger charge is -2.12. The van der Waals surface area contributed by atoms with Crippen molar-refractivity contribution in [3.8, 4) is 5.75 Å². The van der Waals surface area contributed by atoms with Crippen molar-refractivity contribution in [2.24, 2.45) is 5.73 Å². The van der Waals surface area contributed by atoms with Gasteiger partial charge in [0.25, 0.3) is 5.91 Å². The van der Waals surface area contributed by atoms with Gasteiger partial charge in [0.2, 0.25) is 0 Å². The lowest BCUT2D eigenvalue weighted by atomic mass is 10.2. The summed E-state index contributed by atoms with van der Waals surface area (Å²) in [5, 5.41) is 10.9. The predicted octanol–water partition coefficient (Wildman–Crippen LogP) is -0.0211. The molecule has 8 heteroatoms. The maximum atomic E-state index is 11.7. The summed E-state index contributed by atoms with van der Waals surface area (Å²) in [6.45, 7) is 1.23. The van der Waals surface area contributed by atoms with Gasteiger partial charge in [0.15, 0.2) is 12.6 Å². The number of hydrogen-bond acceptors (Lipinski definition) is 6. The van der Waals surface area contributed by atoms with E-state index in [1.165, 1.54) is 12.1 Å². The first-order valence-corrected chi connectivity index (χ1v) is 6.11. The van der Waals surface area contributed by atoms with Gasteiger partial charge in [-0.25, -0.2) is 9.59 Å². The van der Waals surface area contributed by atoms with Crippen molar-refractivity contribution in [3.63, 3.8) is 0 Å². The molecule has 21 heavy (non-hydrogen) atoms. The second kappa shape index (κ2) is 7.85. The van der Waals surface area contributed by atoms with Gasteiger partial charge in [0, 0.05) is 11.8 Å². The number of esters is 1. The van der Waals surface area contributed by atoms with E-state index in [4.69, 9.17) is 15.6 Å². The minimum atomic E-state index is -1.44. The second-order valence-electron chi connectivity index (χ2n) is 3.93. The lowest BCUT2D eigenvalue weighted by molar-refractivity contribution is -0.147. The molecule has 1 aromatic rings. The summed E-state index contributed by atoms with van der Waals surface area (Å²) in [5.74, 6) is -2.41. The number of nitrogens with one attached hydrogen (secondary N) is 1. The Morgan fingerprint density at radius 3 is 2.71 bits per heavy atom. The molecule has 0 bridgehead atoms. The van der Waals surface area contributed by atoms with Crippen molar-refractivity contribution in [2.45, 2.75) is 13.0 Å². The van der Waals surface area contributed by atoms with Crippen molar-refractivity contribution >= 4 is 23.5 Å². The Balaban J connectivity index is 2.65. The van der Waals surface area contributed by atoms with Crippen LogP contribution in [0.15, 0.2) is 24.3 Å². The molecule has 0 saturated heterocycles. The van der Waals surface area contributed by atoms with E-state index in [0.717, 1.165) is 0 Å². The third-order valence-corrected chi connectivity index (χ3v) is 2.29. The molecule has 0 saturated carbocycles. The van der Waals surface area contributed by atoms with Gasteiger partial charge < -0.3 is 25.6 Å². The highest BCUT2D eigenvalue weighted by molar-refractivity contribution is 6.08. The van der Waals surface area contributed by atoms with Crippen LogP contribution in [0.4, 0.5) is 5.69 Å². The first-order valence-electron chi connectivity index (χ1n) is 6.11. The monoisotopic (exact) mass is 296 g/mol. The van der Waals surface area contributed by atoms with Crippen LogP contribution in [-0.2, 0) is 19.1 Å². The van der Waals surface area contributed by atoms with E-state index >= 15 is 0 Å². The largest absolute Gasteiger partial charge is 0.482 e. The zero-order chi connectivity index (χ0) is 15.8. The van der Waals surface area contributed by atoms with Crippen LogP contribution >= 0.6 is 0 Å². The molecule has 0 aliphatic carbocycles. The van der Waals surface area contributed by atoms with Gasteiger partial charge in [-0.3, -0.25) is 4.79 Å². The molecule has 0 aromatic heterocycles. The highest BCUT2D eigenvalue weighted by Gasteiger charge is 2.23. The summed E-state index contributed by atoms with van der Waals surface area (Å²) in [4.78, 5) is 33.5. The zero-order valence-electron chi connectivity index (χ0n) is 11.4. The van der Waals surface area contributed by atoms with Crippen molar-refractivity contribution in [1.82, 2.24) is 0 Å². The molecule has 1 rings (SSSR count). The van der Waals surface area contributed by atoms with Crippen molar-refractivity contribution in [2.75, 3.05) is 18.5 Å². The van der Waals surface area contributed by atoms with E-state index in [1.54, 1.807) is 19.1 Å². The summed E-state index contributed by atoms with van der Waals surface area (Å²) in [5.41, 5.74) is 5.76. The van der Waals surface area contributed by atoms with Crippen molar-refractivity contribution in [1.29, 1.82) is 0 Å². The quantitative estimate of drug-likeness (QED) is 0.476. The van der Waals surface area contributed by atoms with Gasteiger partial charge in [-0.15, -0.1) is 0 Å². The molecule has 0 fully saturated rings. The lowest BCUT2D eigenvalue weighted by Crippen LogP contribution is -2.43. The van der Waals surface area contributed by atoms with Crippen LogP contribution in [0.25, 0.3) is 0 Å². The number of hydrogen-bond donors (Lipinski definition) is 3. The average molecular weight is 296 g/mol. The third kappa shape index (κ3) is 5.49. The topological polar surface area (TPSA) is 128 Å². The Morgan fingerprint density at radius 1 is 1.38 bits per heavy atom. The highest BCUT2D eigenvalue weighted by Crippen LogP contribution is 2.17. The normalized spacial score (nSPS) is 11.3. The number of carbonyl (C=O) groups is 3. The Labute approximate surface area is 120 Å². The number of rotatable bonds is 7. The summed E-state index contributed by atoms with van der Waals surface area (Å²) < 4.78 is 9.60. The maximum Gasteiger partial charge on any atom is 0.341 e. The fourth-order valence-electron chi connectivity index (χ4n) is 1.37. The molecule has 0 aliphatic heterocycles. The second-order valence-corrected chi connectivity index (χ2v) is 3.93. The summed E-state index contributed by atoms with van der Waals surface area (Å²) in [6, 6.07) is 4.61. The Bertz CT molecular complexity index is 531. The maximum absolute atomic E-state index is 11.7. The Morgan fingerprint density at radius 2 is 2.10 bits per heavy atom. The smallest absolute Gasteiger partial charge is 0.341 e. The van der Waals surface area contributed by atoms with Gasteiger partial charge in [-0.2, -0.15) is 0 Å². The molecule has 1 aromatic carbocycles. The van der Waals surface area contributed by atoms with Crippen molar-refractivity contribution in [3.05, 3.63) is 24.3 Å². The fourth-order valence-corrected chi connectivity index (χ4v) is 1.37. The minimum Gasteiger partial charge on any atom is -0.482 e. The van der Waals surface area contributed by atoms with E-state index in [2.05, 4.69) is 10.1 Å². The molecule has 1 amide bonds. The van der Waals surface area contributed by atoms with E-state index in [1.807, 2.05) is 0 Å². The molecule has 0 spiro atoms. The van der Waals surface area contributed by atoms with Crippen LogP contribution in [0.1, 0.15) is 6.92 Å². The molecule has 0 heterocycles. The summed E-state index contributed by atoms with van der Waals surface area (Å²) >= 11 is 0. The minimum absolute atomic E-state index is 0.123. The standard InChI is InChI=1S/C13H16N2O6/c1-2-20-13(19)11(14)12(18)15-8-4-3-5-9(6-8)21-7-10(16)17/h3-6,11H,2,7,14H2,1H3,(H,15,18)(H,16,17). The van der Waals surface area contributed by atoms with Gasteiger partial charge in [0.1, 0.15) is 5.75 Å². The van der Waals surface area contributed by atoms with E-state index < -0.39 is 30.5 Å². The highest BCUT2D eigenvalue weighted by atomic mass is 16.5. The molecule has 0 radical (unpaired) electrons. The number of ether oxygens (including phenoxy) is 2. The van der Waals surface area contributed by atoms with E-state index in [-0.39, 0.29) is 12.4 Å². The molecule has 0 aliphatic rings. The Kier molecular flexibility index (Phi) is 6.15. The number of carboxylic acid groups (broad SMARTS) is 1. The molecular formula is C13H16N2O6. The van der Waals surface area contributed by atoms with E-state index in [9.17, 15) is 14.4 Å². The van der Waals surface area contributed by atoms with Gasteiger partial charge in [-0.05, 0) is 19.1 Å². The van der Waals surface area contributed by atoms with Crippen LogP contribution in [0, 0.1) is 0 Å². The fraction of sp³-hybridized carbons (Fsp3) is 0.308. The first kappa shape index (κ1) is 16.4.